The molecule has 0 N–H and O–H groups in total. The summed E-state index contributed by atoms with van der Waals surface area (Å²) in [6.07, 6.45) is 1.47. The van der Waals surface area contributed by atoms with Gasteiger partial charge in [0.15, 0.2) is 0 Å². The number of alkyl halides is 2. The largest absolute Gasteiger partial charge is 0.366 e. The third-order valence-corrected chi connectivity index (χ3v) is 5.81. The molecule has 3 aliphatic rings. The van der Waals surface area contributed by atoms with Crippen molar-refractivity contribution in [1.29, 1.82) is 0 Å². The maximum Gasteiger partial charge on any atom is 0.249 e. The highest BCUT2D eigenvalue weighted by Crippen LogP contribution is 2.37. The molecule has 2 saturated heterocycles. The van der Waals surface area contributed by atoms with Gasteiger partial charge in [0.1, 0.15) is 6.61 Å². The summed E-state index contributed by atoms with van der Waals surface area (Å²) in [7, 11) is 0. The van der Waals surface area contributed by atoms with Crippen molar-refractivity contribution in [2.75, 3.05) is 19.7 Å². The van der Waals surface area contributed by atoms with Gasteiger partial charge in [0.2, 0.25) is 17.7 Å². The maximum atomic E-state index is 13.3. The minimum Gasteiger partial charge on any atom is -0.366 e. The smallest absolute Gasteiger partial charge is 0.249 e. The molecule has 0 aromatic rings. The van der Waals surface area contributed by atoms with Gasteiger partial charge in [0.25, 0.3) is 0 Å². The van der Waals surface area contributed by atoms with E-state index in [2.05, 4.69) is 0 Å². The van der Waals surface area contributed by atoms with Gasteiger partial charge in [-0.2, -0.15) is 0 Å². The molecule has 0 aromatic carbocycles. The lowest BCUT2D eigenvalue weighted by molar-refractivity contribution is -0.160. The summed E-state index contributed by atoms with van der Waals surface area (Å²) >= 11 is 0. The molecule has 2 heterocycles. The zero-order chi connectivity index (χ0) is 18.2. The van der Waals surface area contributed by atoms with Gasteiger partial charge in [0, 0.05) is 37.9 Å². The van der Waals surface area contributed by atoms with Gasteiger partial charge < -0.3 is 14.5 Å². The van der Waals surface area contributed by atoms with Crippen LogP contribution in [0.2, 0.25) is 0 Å². The molecule has 7 heteroatoms. The van der Waals surface area contributed by atoms with Crippen molar-refractivity contribution >= 4 is 11.8 Å². The molecule has 0 radical (unpaired) electrons. The molecule has 2 amide bonds. The molecular formula is C18H28F2N2O3. The van der Waals surface area contributed by atoms with Crippen LogP contribution in [0.4, 0.5) is 8.78 Å². The minimum atomic E-state index is -2.61. The van der Waals surface area contributed by atoms with Gasteiger partial charge in [-0.25, -0.2) is 8.78 Å². The molecule has 2 aliphatic heterocycles. The van der Waals surface area contributed by atoms with Crippen LogP contribution in [0.5, 0.6) is 0 Å². The second kappa shape index (κ2) is 7.17. The van der Waals surface area contributed by atoms with E-state index in [1.807, 2.05) is 18.7 Å². The highest BCUT2D eigenvalue weighted by atomic mass is 19.3. The summed E-state index contributed by atoms with van der Waals surface area (Å²) in [4.78, 5) is 28.6. The van der Waals surface area contributed by atoms with Crippen LogP contribution >= 0.6 is 0 Å². The second-order valence-electron chi connectivity index (χ2n) is 7.84. The third-order valence-electron chi connectivity index (χ3n) is 5.81. The van der Waals surface area contributed by atoms with Gasteiger partial charge in [-0.1, -0.05) is 0 Å². The van der Waals surface area contributed by atoms with Crippen molar-refractivity contribution in [3.8, 4) is 0 Å². The summed E-state index contributed by atoms with van der Waals surface area (Å²) in [6.45, 7) is 5.23. The Morgan fingerprint density at radius 2 is 1.80 bits per heavy atom. The van der Waals surface area contributed by atoms with Gasteiger partial charge in [-0.15, -0.1) is 0 Å². The van der Waals surface area contributed by atoms with Crippen molar-refractivity contribution < 1.29 is 23.1 Å². The summed E-state index contributed by atoms with van der Waals surface area (Å²) in [5.74, 6) is -2.90. The number of nitrogens with zero attached hydrogens (tertiary/aromatic N) is 2. The van der Waals surface area contributed by atoms with Crippen molar-refractivity contribution in [3.63, 3.8) is 0 Å². The van der Waals surface area contributed by atoms with Crippen LogP contribution in [0, 0.1) is 5.92 Å². The second-order valence-corrected chi connectivity index (χ2v) is 7.84. The predicted octanol–water partition coefficient (Wildman–Crippen LogP) is 2.44. The highest BCUT2D eigenvalue weighted by molar-refractivity contribution is 5.80. The van der Waals surface area contributed by atoms with Crippen molar-refractivity contribution in [3.05, 3.63) is 0 Å². The van der Waals surface area contributed by atoms with Crippen LogP contribution in [0.1, 0.15) is 52.4 Å². The molecule has 2 atom stereocenters. The van der Waals surface area contributed by atoms with Gasteiger partial charge in [-0.3, -0.25) is 9.59 Å². The van der Waals surface area contributed by atoms with E-state index in [4.69, 9.17) is 4.74 Å². The number of hydrogen-bond acceptors (Lipinski definition) is 3. The van der Waals surface area contributed by atoms with Crippen LogP contribution in [0.15, 0.2) is 0 Å². The lowest BCUT2D eigenvalue weighted by Crippen LogP contribution is -2.56. The molecule has 25 heavy (non-hydrogen) atoms. The zero-order valence-electron chi connectivity index (χ0n) is 15.0. The molecule has 142 valence electrons. The number of ether oxygens (including phenoxy) is 1. The molecular weight excluding hydrogens is 330 g/mol. The average Bonchev–Trinajstić information content (AvgIpc) is 2.76. The van der Waals surface area contributed by atoms with Crippen LogP contribution < -0.4 is 0 Å². The van der Waals surface area contributed by atoms with Gasteiger partial charge in [0.05, 0.1) is 12.1 Å². The number of likely N-dealkylation sites (tertiary alicyclic amines) is 1. The highest BCUT2D eigenvalue weighted by Gasteiger charge is 2.42. The normalized spacial score (nSPS) is 31.0. The minimum absolute atomic E-state index is 0.00318. The van der Waals surface area contributed by atoms with Crippen LogP contribution in [-0.2, 0) is 14.3 Å². The van der Waals surface area contributed by atoms with E-state index in [1.54, 1.807) is 4.90 Å². The molecule has 3 fully saturated rings. The molecule has 0 unspecified atom stereocenters. The number of carbonyl (C=O) groups is 2. The Morgan fingerprint density at radius 3 is 2.44 bits per heavy atom. The number of rotatable bonds is 2. The van der Waals surface area contributed by atoms with Crippen molar-refractivity contribution in [2.24, 2.45) is 5.92 Å². The molecule has 1 aliphatic carbocycles. The topological polar surface area (TPSA) is 49.9 Å². The number of hydrogen-bond donors (Lipinski definition) is 0. The maximum absolute atomic E-state index is 13.3. The first kappa shape index (κ1) is 18.5. The first-order chi connectivity index (χ1) is 11.8. The van der Waals surface area contributed by atoms with Gasteiger partial charge in [-0.05, 0) is 39.5 Å². The molecule has 1 saturated carbocycles. The Bertz CT molecular complexity index is 516. The van der Waals surface area contributed by atoms with E-state index in [9.17, 15) is 18.4 Å². The third kappa shape index (κ3) is 3.96. The summed E-state index contributed by atoms with van der Waals surface area (Å²) in [5, 5.41) is 0. The van der Waals surface area contributed by atoms with E-state index in [-0.39, 0.29) is 68.2 Å². The Balaban J connectivity index is 1.63. The van der Waals surface area contributed by atoms with Crippen LogP contribution in [0.25, 0.3) is 0 Å². The SMILES string of the molecule is CC(C)N1C(=O)CO[C@H]2CCN(C(=O)C3CCC(F)(F)CC3)CC[C@@H]21. The molecule has 3 rings (SSSR count). The quantitative estimate of drug-likeness (QED) is 0.762. The zero-order valence-corrected chi connectivity index (χ0v) is 15.0. The summed E-state index contributed by atoms with van der Waals surface area (Å²) in [6, 6.07) is 0.0986. The van der Waals surface area contributed by atoms with Crippen LogP contribution in [-0.4, -0.2) is 65.4 Å². The number of amides is 2. The van der Waals surface area contributed by atoms with Crippen molar-refractivity contribution in [1.82, 2.24) is 9.80 Å². The fourth-order valence-corrected chi connectivity index (χ4v) is 4.45. The first-order valence-electron chi connectivity index (χ1n) is 9.38. The fraction of sp³-hybridized carbons (Fsp3) is 0.889. The molecule has 0 aromatic heterocycles. The summed E-state index contributed by atoms with van der Waals surface area (Å²) < 4.78 is 32.4. The number of morpholine rings is 1. The lowest BCUT2D eigenvalue weighted by atomic mass is 9.86. The van der Waals surface area contributed by atoms with Gasteiger partial charge >= 0.3 is 0 Å². The lowest BCUT2D eigenvalue weighted by Gasteiger charge is -2.42. The van der Waals surface area contributed by atoms with Crippen LogP contribution in [0.3, 0.4) is 0 Å². The monoisotopic (exact) mass is 358 g/mol. The van der Waals surface area contributed by atoms with E-state index in [0.29, 0.717) is 25.9 Å². The fourth-order valence-electron chi connectivity index (χ4n) is 4.45. The van der Waals surface area contributed by atoms with Crippen molar-refractivity contribution in [2.45, 2.75) is 76.5 Å². The van der Waals surface area contributed by atoms with E-state index < -0.39 is 5.92 Å². The Hall–Kier alpha value is -1.24. The standard InChI is InChI=1S/C18H28F2N2O3/c1-12(2)22-14-5-9-21(10-6-15(14)25-11-16(22)23)17(24)13-3-7-18(19,20)8-4-13/h12-15H,3-11H2,1-2H3/t14-,15-/m0/s1. The number of halogens is 2. The van der Waals surface area contributed by atoms with E-state index in [0.717, 1.165) is 0 Å². The first-order valence-corrected chi connectivity index (χ1v) is 9.38. The Morgan fingerprint density at radius 1 is 1.16 bits per heavy atom. The molecule has 5 nitrogen and oxygen atoms in total. The Labute approximate surface area is 147 Å². The summed E-state index contributed by atoms with van der Waals surface area (Å²) in [5.41, 5.74) is 0. The predicted molar refractivity (Wildman–Crippen MR) is 88.2 cm³/mol. The number of fused-ring (bicyclic) bond motifs is 1. The number of carbonyl (C=O) groups excluding carboxylic acids is 2. The van der Waals surface area contributed by atoms with E-state index >= 15 is 0 Å². The Kier molecular flexibility index (Phi) is 5.32. The molecule has 0 bridgehead atoms. The van der Waals surface area contributed by atoms with E-state index in [1.165, 1.54) is 0 Å². The average molecular weight is 358 g/mol. The molecule has 0 spiro atoms.